The van der Waals surface area contributed by atoms with Gasteiger partial charge in [-0.15, -0.1) is 0 Å². The molecule has 8 nitrogen and oxygen atoms in total. The van der Waals surface area contributed by atoms with Crippen LogP contribution in [0.1, 0.15) is 19.0 Å². The van der Waals surface area contributed by atoms with Crippen molar-refractivity contribution < 1.29 is 23.7 Å². The van der Waals surface area contributed by atoms with Crippen LogP contribution in [0.5, 0.6) is 0 Å². The molecule has 10 heteroatoms. The van der Waals surface area contributed by atoms with Gasteiger partial charge in [0.15, 0.2) is 29.2 Å². The first-order valence-electron chi connectivity index (χ1n) is 6.48. The molecule has 0 unspecified atom stereocenters. The number of aromatic nitrogens is 4. The molecule has 1 aliphatic heterocycles. The summed E-state index contributed by atoms with van der Waals surface area (Å²) in [7, 11) is 0. The zero-order chi connectivity index (χ0) is 16.3. The Morgan fingerprint density at radius 2 is 2.23 bits per heavy atom. The molecule has 2 aromatic heterocycles. The van der Waals surface area contributed by atoms with Crippen molar-refractivity contribution in [3.63, 3.8) is 0 Å². The first kappa shape index (κ1) is 15.0. The monoisotopic (exact) mass is 316 g/mol. The number of rotatable bonds is 2. The van der Waals surface area contributed by atoms with Gasteiger partial charge in [0.25, 0.3) is 11.4 Å². The number of hydrogen-bond acceptors (Lipinski definition) is 6. The quantitative estimate of drug-likeness (QED) is 0.701. The Balaban J connectivity index is 2.18. The summed E-state index contributed by atoms with van der Waals surface area (Å²) in [5.41, 5.74) is -3.18. The molecule has 0 aromatic carbocycles. The third-order valence-corrected chi connectivity index (χ3v) is 3.75. The van der Waals surface area contributed by atoms with Gasteiger partial charge in [0.05, 0.1) is 6.33 Å². The highest BCUT2D eigenvalue weighted by Crippen LogP contribution is 2.47. The van der Waals surface area contributed by atoms with E-state index in [1.54, 1.807) is 0 Å². The second kappa shape index (κ2) is 4.54. The highest BCUT2D eigenvalue weighted by atomic mass is 19.2. The van der Waals surface area contributed by atoms with Crippen LogP contribution in [0, 0.1) is 6.92 Å². The minimum Gasteiger partial charge on any atom is -0.390 e. The number of H-pyrrole nitrogens is 1. The minimum atomic E-state index is -2.96. The van der Waals surface area contributed by atoms with Crippen LogP contribution < -0.4 is 5.56 Å². The molecule has 3 N–H and O–H groups in total. The van der Waals surface area contributed by atoms with Crippen LogP contribution in [0.4, 0.5) is 8.78 Å². The molecule has 0 spiro atoms. The predicted octanol–water partition coefficient (Wildman–Crippen LogP) is -0.296. The maximum absolute atomic E-state index is 14.8. The molecule has 1 saturated heterocycles. The van der Waals surface area contributed by atoms with Crippen molar-refractivity contribution in [1.82, 2.24) is 19.5 Å². The van der Waals surface area contributed by atoms with Crippen LogP contribution in [-0.2, 0) is 4.74 Å². The smallest absolute Gasteiger partial charge is 0.279 e. The molecule has 4 atom stereocenters. The lowest BCUT2D eigenvalue weighted by Gasteiger charge is -2.24. The summed E-state index contributed by atoms with van der Waals surface area (Å²) in [5, 5.41) is 18.8. The first-order chi connectivity index (χ1) is 10.2. The topological polar surface area (TPSA) is 113 Å². The summed E-state index contributed by atoms with van der Waals surface area (Å²) in [6.07, 6.45) is -2.78. The molecule has 2 aromatic rings. The van der Waals surface area contributed by atoms with Crippen molar-refractivity contribution in [3.05, 3.63) is 22.5 Å². The Hall–Kier alpha value is -1.91. The summed E-state index contributed by atoms with van der Waals surface area (Å²) in [6, 6.07) is 0. The number of nitrogens with zero attached hydrogens (tertiary/aromatic N) is 3. The number of halogens is 2. The largest absolute Gasteiger partial charge is 0.390 e. The summed E-state index contributed by atoms with van der Waals surface area (Å²) in [5.74, 6) is -2.70. The Bertz CT molecular complexity index is 789. The van der Waals surface area contributed by atoms with E-state index in [2.05, 4.69) is 15.0 Å². The van der Waals surface area contributed by atoms with E-state index < -0.39 is 36.0 Å². The number of aliphatic hydroxyl groups excluding tert-OH is 2. The molecular formula is C12H14F2N4O4. The third kappa shape index (κ3) is 1.87. The van der Waals surface area contributed by atoms with Crippen LogP contribution in [0.15, 0.2) is 11.1 Å². The zero-order valence-electron chi connectivity index (χ0n) is 11.7. The molecule has 0 bridgehead atoms. The molecule has 1 fully saturated rings. The molecule has 0 amide bonds. The van der Waals surface area contributed by atoms with Crippen LogP contribution in [-0.4, -0.2) is 54.0 Å². The summed E-state index contributed by atoms with van der Waals surface area (Å²) >= 11 is 0. The van der Waals surface area contributed by atoms with Gasteiger partial charge in [-0.1, -0.05) is 0 Å². The molecular weight excluding hydrogens is 302 g/mol. The van der Waals surface area contributed by atoms with Gasteiger partial charge in [-0.25, -0.2) is 18.7 Å². The van der Waals surface area contributed by atoms with Crippen LogP contribution in [0.25, 0.3) is 11.2 Å². The maximum Gasteiger partial charge on any atom is 0.279 e. The van der Waals surface area contributed by atoms with Crippen molar-refractivity contribution in [2.24, 2.45) is 0 Å². The molecule has 1 aliphatic rings. The molecule has 0 saturated carbocycles. The van der Waals surface area contributed by atoms with Crippen LogP contribution in [0.2, 0.25) is 0 Å². The van der Waals surface area contributed by atoms with Gasteiger partial charge < -0.3 is 19.9 Å². The van der Waals surface area contributed by atoms with Crippen molar-refractivity contribution in [1.29, 1.82) is 0 Å². The second-order valence-corrected chi connectivity index (χ2v) is 5.44. The SMILES string of the molecule is Cc1nc2c(ncn2[C@@H]2O[C@](F)(CO)[C@@H](O)[C@@]2(C)F)c(=O)[nH]1. The van der Waals surface area contributed by atoms with Gasteiger partial charge >= 0.3 is 0 Å². The predicted molar refractivity (Wildman–Crippen MR) is 69.5 cm³/mol. The number of fused-ring (bicyclic) bond motifs is 1. The minimum absolute atomic E-state index is 0.00971. The zero-order valence-corrected chi connectivity index (χ0v) is 11.7. The first-order valence-corrected chi connectivity index (χ1v) is 6.48. The van der Waals surface area contributed by atoms with Crippen molar-refractivity contribution in [2.45, 2.75) is 37.7 Å². The highest BCUT2D eigenvalue weighted by Gasteiger charge is 2.64. The van der Waals surface area contributed by atoms with E-state index >= 15 is 0 Å². The Morgan fingerprint density at radius 1 is 1.55 bits per heavy atom. The van der Waals surface area contributed by atoms with Crippen molar-refractivity contribution >= 4 is 11.2 Å². The summed E-state index contributed by atoms with van der Waals surface area (Å²) < 4.78 is 34.9. The van der Waals surface area contributed by atoms with Gasteiger partial charge in [0, 0.05) is 0 Å². The van der Waals surface area contributed by atoms with E-state index in [9.17, 15) is 18.7 Å². The fourth-order valence-corrected chi connectivity index (χ4v) is 2.58. The molecule has 0 radical (unpaired) electrons. The molecule has 22 heavy (non-hydrogen) atoms. The van der Waals surface area contributed by atoms with Crippen LogP contribution >= 0.6 is 0 Å². The summed E-state index contributed by atoms with van der Waals surface area (Å²) in [4.78, 5) is 22.0. The average molecular weight is 316 g/mol. The number of aliphatic hydroxyl groups is 2. The maximum atomic E-state index is 14.8. The van der Waals surface area contributed by atoms with Gasteiger partial charge in [0.2, 0.25) is 0 Å². The van der Waals surface area contributed by atoms with E-state index in [1.165, 1.54) is 6.92 Å². The lowest BCUT2D eigenvalue weighted by molar-refractivity contribution is -0.206. The standard InChI is InChI=1S/C12H14F2N4O4/c1-5-16-7-6(8(20)17-5)15-4-18(7)10-11(2,13)9(21)12(14,3-19)22-10/h4,9-10,19,21H,3H2,1-2H3,(H,16,17,20)/t9-,10+,11+,12+/m0/s1. The van der Waals surface area contributed by atoms with E-state index in [0.717, 1.165) is 17.8 Å². The van der Waals surface area contributed by atoms with Gasteiger partial charge in [-0.3, -0.25) is 9.36 Å². The number of hydrogen-bond donors (Lipinski definition) is 3. The lowest BCUT2D eigenvalue weighted by Crippen LogP contribution is -2.46. The third-order valence-electron chi connectivity index (χ3n) is 3.75. The Morgan fingerprint density at radius 3 is 2.82 bits per heavy atom. The Kier molecular flexibility index (Phi) is 3.10. The summed E-state index contributed by atoms with van der Waals surface area (Å²) in [6.45, 7) is 1.24. The number of imidazole rings is 1. The fraction of sp³-hybridized carbons (Fsp3) is 0.583. The number of nitrogens with one attached hydrogen (secondary N) is 1. The van der Waals surface area contributed by atoms with Crippen molar-refractivity contribution in [2.75, 3.05) is 6.61 Å². The Labute approximate surface area is 122 Å². The number of aromatic amines is 1. The van der Waals surface area contributed by atoms with E-state index in [0.29, 0.717) is 0 Å². The van der Waals surface area contributed by atoms with Crippen molar-refractivity contribution in [3.8, 4) is 0 Å². The lowest BCUT2D eigenvalue weighted by atomic mass is 9.97. The number of alkyl halides is 2. The van der Waals surface area contributed by atoms with Gasteiger partial charge in [-0.05, 0) is 13.8 Å². The normalized spacial score (nSPS) is 35.4. The second-order valence-electron chi connectivity index (χ2n) is 5.44. The van der Waals surface area contributed by atoms with E-state index in [4.69, 9.17) is 9.84 Å². The van der Waals surface area contributed by atoms with E-state index in [1.807, 2.05) is 0 Å². The average Bonchev–Trinajstić information content (AvgIpc) is 2.93. The number of ether oxygens (including phenoxy) is 1. The van der Waals surface area contributed by atoms with Gasteiger partial charge in [0.1, 0.15) is 12.4 Å². The number of aryl methyl sites for hydroxylation is 1. The molecule has 3 heterocycles. The van der Waals surface area contributed by atoms with Crippen LogP contribution in [0.3, 0.4) is 0 Å². The highest BCUT2D eigenvalue weighted by molar-refractivity contribution is 5.69. The molecule has 3 rings (SSSR count). The van der Waals surface area contributed by atoms with E-state index in [-0.39, 0.29) is 17.0 Å². The fourth-order valence-electron chi connectivity index (χ4n) is 2.58. The molecule has 0 aliphatic carbocycles. The molecule has 120 valence electrons. The van der Waals surface area contributed by atoms with Gasteiger partial charge in [-0.2, -0.15) is 0 Å².